The van der Waals surface area contributed by atoms with Crippen LogP contribution in [0.2, 0.25) is 0 Å². The van der Waals surface area contributed by atoms with Crippen molar-refractivity contribution >= 4 is 10.0 Å². The molecular weight excluding hydrogens is 397 g/mol. The van der Waals surface area contributed by atoms with Crippen LogP contribution in [0.25, 0.3) is 0 Å². The summed E-state index contributed by atoms with van der Waals surface area (Å²) in [6.45, 7) is 6.53. The molecule has 0 radical (unpaired) electrons. The third-order valence-corrected chi connectivity index (χ3v) is 7.38. The maximum Gasteiger partial charge on any atom is 0.243 e. The van der Waals surface area contributed by atoms with E-state index in [0.717, 1.165) is 48.8 Å². The summed E-state index contributed by atoms with van der Waals surface area (Å²) in [7, 11) is -3.65. The van der Waals surface area contributed by atoms with E-state index in [1.807, 2.05) is 6.92 Å². The molecule has 0 saturated heterocycles. The van der Waals surface area contributed by atoms with Crippen molar-refractivity contribution in [3.05, 3.63) is 64.0 Å². The van der Waals surface area contributed by atoms with Crippen molar-refractivity contribution < 1.29 is 12.8 Å². The molecule has 0 aromatic heterocycles. The summed E-state index contributed by atoms with van der Waals surface area (Å²) in [6.07, 6.45) is 5.29. The van der Waals surface area contributed by atoms with E-state index >= 15 is 0 Å². The first-order valence-corrected chi connectivity index (χ1v) is 12.2. The summed E-state index contributed by atoms with van der Waals surface area (Å²) in [5.74, 6) is 6.12. The second-order valence-electron chi connectivity index (χ2n) is 7.94. The van der Waals surface area contributed by atoms with E-state index in [0.29, 0.717) is 17.5 Å². The van der Waals surface area contributed by atoms with Crippen molar-refractivity contribution in [1.29, 1.82) is 0 Å². The van der Waals surface area contributed by atoms with Gasteiger partial charge in [-0.3, -0.25) is 0 Å². The summed E-state index contributed by atoms with van der Waals surface area (Å²) < 4.78 is 42.7. The zero-order valence-corrected chi connectivity index (χ0v) is 18.9. The molecule has 0 unspecified atom stereocenters. The second-order valence-corrected chi connectivity index (χ2v) is 9.88. The highest BCUT2D eigenvalue weighted by atomic mass is 32.2. The first kappa shape index (κ1) is 22.5. The van der Waals surface area contributed by atoms with Crippen molar-refractivity contribution in [2.75, 3.05) is 0 Å². The Kier molecular flexibility index (Phi) is 7.33. The van der Waals surface area contributed by atoms with Gasteiger partial charge in [-0.15, -0.1) is 0 Å². The Morgan fingerprint density at radius 2 is 1.77 bits per heavy atom. The van der Waals surface area contributed by atoms with Crippen LogP contribution in [0.15, 0.2) is 35.2 Å². The highest BCUT2D eigenvalue weighted by Gasteiger charge is 2.33. The summed E-state index contributed by atoms with van der Waals surface area (Å²) in [4.78, 5) is 0.267. The van der Waals surface area contributed by atoms with Gasteiger partial charge in [-0.25, -0.2) is 12.8 Å². The van der Waals surface area contributed by atoms with Crippen LogP contribution >= 0.6 is 0 Å². The van der Waals surface area contributed by atoms with Crippen molar-refractivity contribution in [2.24, 2.45) is 0 Å². The zero-order chi connectivity index (χ0) is 21.7. The van der Waals surface area contributed by atoms with Crippen LogP contribution in [-0.2, 0) is 29.5 Å². The molecule has 5 heteroatoms. The third kappa shape index (κ3) is 4.77. The Balaban J connectivity index is 1.99. The maximum atomic E-state index is 15.0. The van der Waals surface area contributed by atoms with E-state index in [-0.39, 0.29) is 23.8 Å². The molecule has 160 valence electrons. The van der Waals surface area contributed by atoms with Crippen molar-refractivity contribution in [3.8, 4) is 11.8 Å². The normalized spacial score (nSPS) is 13.7. The Morgan fingerprint density at radius 3 is 2.43 bits per heavy atom. The van der Waals surface area contributed by atoms with E-state index < -0.39 is 10.0 Å². The number of unbranched alkanes of at least 4 members (excludes halogenated alkanes) is 3. The monoisotopic (exact) mass is 427 g/mol. The number of benzene rings is 2. The second kappa shape index (κ2) is 9.76. The average molecular weight is 428 g/mol. The molecular formula is C25H30FNO2S. The predicted octanol–water partition coefficient (Wildman–Crippen LogP) is 5.72. The zero-order valence-electron chi connectivity index (χ0n) is 18.1. The molecule has 2 aromatic rings. The number of fused-ring (bicyclic) bond motifs is 1. The Hall–Kier alpha value is -2.16. The van der Waals surface area contributed by atoms with Gasteiger partial charge in [0.2, 0.25) is 10.0 Å². The van der Waals surface area contributed by atoms with E-state index in [1.165, 1.54) is 10.4 Å². The van der Waals surface area contributed by atoms with Crippen LogP contribution in [0.1, 0.15) is 73.8 Å². The van der Waals surface area contributed by atoms with E-state index in [1.54, 1.807) is 24.3 Å². The van der Waals surface area contributed by atoms with Gasteiger partial charge in [0, 0.05) is 30.6 Å². The van der Waals surface area contributed by atoms with Gasteiger partial charge in [0.05, 0.1) is 4.90 Å². The Morgan fingerprint density at radius 1 is 1.07 bits per heavy atom. The molecule has 0 bridgehead atoms. The maximum absolute atomic E-state index is 15.0. The number of nitrogens with zero attached hydrogens (tertiary/aromatic N) is 1. The van der Waals surface area contributed by atoms with Crippen LogP contribution in [0.3, 0.4) is 0 Å². The lowest BCUT2D eigenvalue weighted by Gasteiger charge is -2.16. The molecule has 1 aliphatic heterocycles. The number of sulfonamides is 1. The number of halogens is 1. The third-order valence-electron chi connectivity index (χ3n) is 5.57. The number of aryl methyl sites for hydroxylation is 1. The standard InChI is InChI=1S/C25H30FNO2S/c1-4-6-8-9-11-22-23(10-7-5-2)25(26)16-20-17-27(18-24(20)22)30(28,29)21-14-12-19(3)13-15-21/h12-16H,4-8,10,17-18H2,1-3H3. The summed E-state index contributed by atoms with van der Waals surface area (Å²) >= 11 is 0. The SMILES string of the molecule is CCCCC#Cc1c(CCCC)c(F)cc2c1CN(S(=O)(=O)c1ccc(C)cc1)C2. The van der Waals surface area contributed by atoms with Crippen molar-refractivity contribution in [1.82, 2.24) is 4.31 Å². The van der Waals surface area contributed by atoms with Crippen LogP contribution in [0.5, 0.6) is 0 Å². The van der Waals surface area contributed by atoms with Gasteiger partial charge < -0.3 is 0 Å². The largest absolute Gasteiger partial charge is 0.243 e. The molecule has 0 atom stereocenters. The predicted molar refractivity (Wildman–Crippen MR) is 119 cm³/mol. The van der Waals surface area contributed by atoms with Gasteiger partial charge >= 0.3 is 0 Å². The average Bonchev–Trinajstić information content (AvgIpc) is 3.15. The molecule has 3 rings (SSSR count). The van der Waals surface area contributed by atoms with Gasteiger partial charge in [-0.2, -0.15) is 4.31 Å². The topological polar surface area (TPSA) is 37.4 Å². The summed E-state index contributed by atoms with van der Waals surface area (Å²) in [5, 5.41) is 0. The first-order valence-electron chi connectivity index (χ1n) is 10.8. The van der Waals surface area contributed by atoms with Crippen molar-refractivity contribution in [2.45, 2.75) is 77.3 Å². The van der Waals surface area contributed by atoms with Gasteiger partial charge in [0.25, 0.3) is 0 Å². The molecule has 0 spiro atoms. The van der Waals surface area contributed by atoms with Crippen LogP contribution in [0, 0.1) is 24.6 Å². The molecule has 1 aliphatic rings. The fourth-order valence-electron chi connectivity index (χ4n) is 3.73. The van der Waals surface area contributed by atoms with Gasteiger partial charge in [-0.1, -0.05) is 56.2 Å². The molecule has 0 saturated carbocycles. The molecule has 3 nitrogen and oxygen atoms in total. The lowest BCUT2D eigenvalue weighted by atomic mass is 9.94. The number of hydrogen-bond donors (Lipinski definition) is 0. The minimum atomic E-state index is -3.65. The molecule has 0 N–H and O–H groups in total. The first-order chi connectivity index (χ1) is 14.4. The van der Waals surface area contributed by atoms with E-state index in [2.05, 4.69) is 25.7 Å². The lowest BCUT2D eigenvalue weighted by molar-refractivity contribution is 0.431. The highest BCUT2D eigenvalue weighted by Crippen LogP contribution is 2.34. The number of rotatable bonds is 7. The quantitative estimate of drug-likeness (QED) is 0.418. The lowest BCUT2D eigenvalue weighted by Crippen LogP contribution is -2.25. The van der Waals surface area contributed by atoms with Gasteiger partial charge in [0.15, 0.2) is 0 Å². The molecule has 30 heavy (non-hydrogen) atoms. The molecule has 0 amide bonds. The Labute approximate surface area is 180 Å². The highest BCUT2D eigenvalue weighted by molar-refractivity contribution is 7.89. The molecule has 0 fully saturated rings. The summed E-state index contributed by atoms with van der Waals surface area (Å²) in [6, 6.07) is 8.37. The number of hydrogen-bond acceptors (Lipinski definition) is 2. The fraction of sp³-hybridized carbons (Fsp3) is 0.440. The Bertz CT molecular complexity index is 1060. The minimum absolute atomic E-state index is 0.181. The fourth-order valence-corrected chi connectivity index (χ4v) is 5.11. The minimum Gasteiger partial charge on any atom is -0.207 e. The summed E-state index contributed by atoms with van der Waals surface area (Å²) in [5.41, 5.74) is 3.93. The molecule has 0 aliphatic carbocycles. The van der Waals surface area contributed by atoms with E-state index in [4.69, 9.17) is 0 Å². The van der Waals surface area contributed by atoms with Crippen LogP contribution < -0.4 is 0 Å². The smallest absolute Gasteiger partial charge is 0.207 e. The van der Waals surface area contributed by atoms with Crippen LogP contribution in [0.4, 0.5) is 4.39 Å². The van der Waals surface area contributed by atoms with Crippen molar-refractivity contribution in [3.63, 3.8) is 0 Å². The van der Waals surface area contributed by atoms with Crippen LogP contribution in [-0.4, -0.2) is 12.7 Å². The van der Waals surface area contributed by atoms with Gasteiger partial charge in [0.1, 0.15) is 5.82 Å². The molecule has 1 heterocycles. The van der Waals surface area contributed by atoms with Gasteiger partial charge in [-0.05, 0) is 55.5 Å². The van der Waals surface area contributed by atoms with E-state index in [9.17, 15) is 12.8 Å². The molecule has 2 aromatic carbocycles.